The molecule has 0 amide bonds. The third-order valence-electron chi connectivity index (χ3n) is 3.52. The molecule has 0 unspecified atom stereocenters. The molecule has 2 aromatic heterocycles. The van der Waals surface area contributed by atoms with Crippen LogP contribution in [-0.2, 0) is 4.74 Å². The SMILES string of the molecule is COC(=O)c1sc2nc(/C=C/c3ccccc3Br)[nH]c(=O)c2c1C. The largest absolute Gasteiger partial charge is 0.465 e. The van der Waals surface area contributed by atoms with Crippen LogP contribution in [0.2, 0.25) is 0 Å². The van der Waals surface area contributed by atoms with E-state index in [4.69, 9.17) is 4.74 Å². The zero-order valence-corrected chi connectivity index (χ0v) is 15.3. The van der Waals surface area contributed by atoms with Crippen LogP contribution in [0, 0.1) is 6.92 Å². The number of nitrogens with one attached hydrogen (secondary N) is 1. The van der Waals surface area contributed by atoms with Crippen molar-refractivity contribution >= 4 is 55.6 Å². The van der Waals surface area contributed by atoms with Gasteiger partial charge in [0.15, 0.2) is 0 Å². The molecule has 2 heterocycles. The van der Waals surface area contributed by atoms with Gasteiger partial charge in [-0.3, -0.25) is 4.79 Å². The first-order chi connectivity index (χ1) is 11.5. The van der Waals surface area contributed by atoms with Crippen molar-refractivity contribution in [3.05, 3.63) is 60.9 Å². The highest BCUT2D eigenvalue weighted by molar-refractivity contribution is 9.10. The predicted octanol–water partition coefficient (Wildman–Crippen LogP) is 4.01. The second-order valence-corrected chi connectivity index (χ2v) is 6.89. The average molecular weight is 405 g/mol. The van der Waals surface area contributed by atoms with Gasteiger partial charge < -0.3 is 9.72 Å². The van der Waals surface area contributed by atoms with E-state index in [-0.39, 0.29) is 5.56 Å². The first-order valence-electron chi connectivity index (χ1n) is 7.05. The summed E-state index contributed by atoms with van der Waals surface area (Å²) in [5.74, 6) is -0.0267. The van der Waals surface area contributed by atoms with E-state index < -0.39 is 5.97 Å². The highest BCUT2D eigenvalue weighted by Gasteiger charge is 2.19. The third-order valence-corrected chi connectivity index (χ3v) is 5.40. The highest BCUT2D eigenvalue weighted by Crippen LogP contribution is 2.27. The molecule has 5 nitrogen and oxygen atoms in total. The number of methoxy groups -OCH3 is 1. The quantitative estimate of drug-likeness (QED) is 0.669. The Morgan fingerprint density at radius 3 is 2.79 bits per heavy atom. The topological polar surface area (TPSA) is 72.0 Å². The molecule has 0 saturated carbocycles. The van der Waals surface area contributed by atoms with Gasteiger partial charge in [0.05, 0.1) is 12.5 Å². The number of halogens is 1. The van der Waals surface area contributed by atoms with Crippen LogP contribution in [-0.4, -0.2) is 23.0 Å². The molecule has 0 radical (unpaired) electrons. The summed E-state index contributed by atoms with van der Waals surface area (Å²) in [6, 6.07) is 7.73. The molecular formula is C17H13BrN2O3S. The fourth-order valence-corrected chi connectivity index (χ4v) is 3.83. The number of aromatic amines is 1. The van der Waals surface area contributed by atoms with Crippen LogP contribution < -0.4 is 5.56 Å². The zero-order chi connectivity index (χ0) is 17.3. The van der Waals surface area contributed by atoms with Crippen molar-refractivity contribution in [1.82, 2.24) is 9.97 Å². The van der Waals surface area contributed by atoms with Gasteiger partial charge in [0.1, 0.15) is 15.5 Å². The molecule has 3 aromatic rings. The van der Waals surface area contributed by atoms with Crippen LogP contribution in [0.25, 0.3) is 22.4 Å². The van der Waals surface area contributed by atoms with Crippen LogP contribution in [0.5, 0.6) is 0 Å². The van der Waals surface area contributed by atoms with Crippen molar-refractivity contribution in [3.8, 4) is 0 Å². The Hall–Kier alpha value is -2.25. The second kappa shape index (κ2) is 6.70. The zero-order valence-electron chi connectivity index (χ0n) is 12.9. The summed E-state index contributed by atoms with van der Waals surface area (Å²) in [5, 5.41) is 0.429. The Balaban J connectivity index is 2.07. The summed E-state index contributed by atoms with van der Waals surface area (Å²) in [6.45, 7) is 1.72. The van der Waals surface area contributed by atoms with E-state index in [1.54, 1.807) is 13.0 Å². The van der Waals surface area contributed by atoms with E-state index in [0.29, 0.717) is 26.5 Å². The lowest BCUT2D eigenvalue weighted by molar-refractivity contribution is 0.0605. The summed E-state index contributed by atoms with van der Waals surface area (Å²) in [4.78, 5) is 32.2. The molecule has 24 heavy (non-hydrogen) atoms. The molecule has 0 bridgehead atoms. The monoisotopic (exact) mass is 404 g/mol. The van der Waals surface area contributed by atoms with E-state index in [2.05, 4.69) is 25.9 Å². The average Bonchev–Trinajstić information content (AvgIpc) is 2.90. The lowest BCUT2D eigenvalue weighted by atomic mass is 10.2. The molecule has 1 N–H and O–H groups in total. The summed E-state index contributed by atoms with van der Waals surface area (Å²) in [7, 11) is 1.32. The molecule has 122 valence electrons. The number of aryl methyl sites for hydroxylation is 1. The lowest BCUT2D eigenvalue weighted by Crippen LogP contribution is -2.09. The number of fused-ring (bicyclic) bond motifs is 1. The van der Waals surface area contributed by atoms with Gasteiger partial charge in [-0.2, -0.15) is 0 Å². The fourth-order valence-electron chi connectivity index (χ4n) is 2.31. The number of thiophene rings is 1. The molecule has 0 spiro atoms. The van der Waals surface area contributed by atoms with Gasteiger partial charge in [-0.25, -0.2) is 9.78 Å². The summed E-state index contributed by atoms with van der Waals surface area (Å²) < 4.78 is 5.70. The molecule has 0 saturated heterocycles. The van der Waals surface area contributed by atoms with Crippen LogP contribution >= 0.6 is 27.3 Å². The predicted molar refractivity (Wildman–Crippen MR) is 99.4 cm³/mol. The Bertz CT molecular complexity index is 1020. The van der Waals surface area contributed by atoms with Crippen LogP contribution in [0.1, 0.15) is 26.6 Å². The standard InChI is InChI=1S/C17H13BrN2O3S/c1-9-13-15(21)19-12(8-7-10-5-3-4-6-11(10)18)20-16(13)24-14(9)17(22)23-2/h3-8H,1-2H3,(H,19,20,21)/b8-7+. The number of aromatic nitrogens is 2. The van der Waals surface area contributed by atoms with Crippen molar-refractivity contribution in [2.45, 2.75) is 6.92 Å². The minimum atomic E-state index is -0.458. The van der Waals surface area contributed by atoms with E-state index in [1.165, 1.54) is 7.11 Å². The molecule has 0 aliphatic rings. The van der Waals surface area contributed by atoms with Crippen LogP contribution in [0.15, 0.2) is 33.5 Å². The first-order valence-corrected chi connectivity index (χ1v) is 8.66. The number of hydrogen-bond acceptors (Lipinski definition) is 5. The maximum Gasteiger partial charge on any atom is 0.348 e. The number of esters is 1. The number of carbonyl (C=O) groups is 1. The van der Waals surface area contributed by atoms with Gasteiger partial charge in [0.25, 0.3) is 5.56 Å². The number of rotatable bonds is 3. The number of nitrogens with zero attached hydrogens (tertiary/aromatic N) is 1. The van der Waals surface area contributed by atoms with Crippen molar-refractivity contribution in [1.29, 1.82) is 0 Å². The summed E-state index contributed by atoms with van der Waals surface area (Å²) in [5.41, 5.74) is 1.30. The van der Waals surface area contributed by atoms with Crippen molar-refractivity contribution < 1.29 is 9.53 Å². The smallest absolute Gasteiger partial charge is 0.348 e. The summed E-state index contributed by atoms with van der Waals surface area (Å²) >= 11 is 4.63. The van der Waals surface area contributed by atoms with Gasteiger partial charge in [-0.05, 0) is 30.2 Å². The molecule has 7 heteroatoms. The molecule has 3 rings (SSSR count). The number of H-pyrrole nitrogens is 1. The van der Waals surface area contributed by atoms with Gasteiger partial charge >= 0.3 is 5.97 Å². The minimum absolute atomic E-state index is 0.268. The van der Waals surface area contributed by atoms with E-state index in [0.717, 1.165) is 21.4 Å². The number of benzene rings is 1. The Kier molecular flexibility index (Phi) is 4.64. The normalized spacial score (nSPS) is 11.3. The van der Waals surface area contributed by atoms with Crippen molar-refractivity contribution in [3.63, 3.8) is 0 Å². The lowest BCUT2D eigenvalue weighted by Gasteiger charge is -1.98. The maximum atomic E-state index is 12.3. The number of carbonyl (C=O) groups excluding carboxylic acids is 1. The molecular weight excluding hydrogens is 392 g/mol. The highest BCUT2D eigenvalue weighted by atomic mass is 79.9. The molecule has 0 aliphatic heterocycles. The molecule has 0 fully saturated rings. The Morgan fingerprint density at radius 1 is 1.33 bits per heavy atom. The van der Waals surface area contributed by atoms with Gasteiger partial charge in [0, 0.05) is 4.47 Å². The van der Waals surface area contributed by atoms with E-state index >= 15 is 0 Å². The molecule has 1 aromatic carbocycles. The summed E-state index contributed by atoms with van der Waals surface area (Å²) in [6.07, 6.45) is 3.59. The van der Waals surface area contributed by atoms with Gasteiger partial charge in [-0.15, -0.1) is 11.3 Å². The Labute approximate surface area is 150 Å². The number of hydrogen-bond donors (Lipinski definition) is 1. The van der Waals surface area contributed by atoms with Gasteiger partial charge in [-0.1, -0.05) is 40.2 Å². The van der Waals surface area contributed by atoms with Gasteiger partial charge in [0.2, 0.25) is 0 Å². The number of ether oxygens (including phenoxy) is 1. The van der Waals surface area contributed by atoms with Crippen LogP contribution in [0.4, 0.5) is 0 Å². The minimum Gasteiger partial charge on any atom is -0.465 e. The molecule has 0 aliphatic carbocycles. The van der Waals surface area contributed by atoms with Crippen molar-refractivity contribution in [2.75, 3.05) is 7.11 Å². The second-order valence-electron chi connectivity index (χ2n) is 5.03. The fraction of sp³-hybridized carbons (Fsp3) is 0.118. The Morgan fingerprint density at radius 2 is 2.08 bits per heavy atom. The van der Waals surface area contributed by atoms with Crippen LogP contribution in [0.3, 0.4) is 0 Å². The third kappa shape index (κ3) is 3.05. The maximum absolute atomic E-state index is 12.3. The van der Waals surface area contributed by atoms with E-state index in [9.17, 15) is 9.59 Å². The molecule has 0 atom stereocenters. The van der Waals surface area contributed by atoms with E-state index in [1.807, 2.05) is 30.3 Å². The van der Waals surface area contributed by atoms with Crippen molar-refractivity contribution in [2.24, 2.45) is 0 Å². The first kappa shape index (κ1) is 16.6.